The van der Waals surface area contributed by atoms with E-state index in [9.17, 15) is 24.5 Å². The van der Waals surface area contributed by atoms with Gasteiger partial charge in [0.25, 0.3) is 17.5 Å². The highest BCUT2D eigenvalue weighted by Gasteiger charge is 2.26. The molecule has 1 fully saturated rings. The Balaban J connectivity index is 1.72. The summed E-state index contributed by atoms with van der Waals surface area (Å²) in [5.74, 6) is -1.46. The molecular formula is C23H25ClN4O5. The standard InChI is InChI=1S/C23H25ClN4O5/c1-14(2)20(26-21(29)15-8-9-18(24)19(13-15)28(32)33)22(30)25-17-7-5-6-16(12-17)23(31)27-10-3-4-11-27/h5-9,12-14,20H,3-4,10-11H2,1-2H3,(H,25,30)(H,26,29). The average Bonchev–Trinajstić information content (AvgIpc) is 3.31. The molecule has 3 amide bonds. The van der Waals surface area contributed by atoms with E-state index in [1.807, 2.05) is 0 Å². The second-order valence-corrected chi connectivity index (χ2v) is 8.60. The van der Waals surface area contributed by atoms with Crippen LogP contribution in [0.1, 0.15) is 47.4 Å². The lowest BCUT2D eigenvalue weighted by Crippen LogP contribution is -2.47. The molecule has 2 aromatic rings. The summed E-state index contributed by atoms with van der Waals surface area (Å²) in [4.78, 5) is 50.4. The molecule has 2 aromatic carbocycles. The lowest BCUT2D eigenvalue weighted by Gasteiger charge is -2.22. The maximum Gasteiger partial charge on any atom is 0.288 e. The van der Waals surface area contributed by atoms with Crippen molar-refractivity contribution in [3.8, 4) is 0 Å². The Morgan fingerprint density at radius 3 is 2.39 bits per heavy atom. The highest BCUT2D eigenvalue weighted by molar-refractivity contribution is 6.32. The number of nitrogens with one attached hydrogen (secondary N) is 2. The van der Waals surface area contributed by atoms with Crippen molar-refractivity contribution in [2.45, 2.75) is 32.7 Å². The molecular weight excluding hydrogens is 448 g/mol. The first kappa shape index (κ1) is 24.2. The second-order valence-electron chi connectivity index (χ2n) is 8.19. The Bertz CT molecular complexity index is 1080. The first-order chi connectivity index (χ1) is 15.7. The monoisotopic (exact) mass is 472 g/mol. The molecule has 33 heavy (non-hydrogen) atoms. The van der Waals surface area contributed by atoms with Gasteiger partial charge < -0.3 is 15.5 Å². The number of hydrogen-bond donors (Lipinski definition) is 2. The van der Waals surface area contributed by atoms with E-state index in [1.54, 1.807) is 43.0 Å². The fraction of sp³-hybridized carbons (Fsp3) is 0.348. The van der Waals surface area contributed by atoms with Crippen LogP contribution in [0.3, 0.4) is 0 Å². The van der Waals surface area contributed by atoms with Crippen molar-refractivity contribution in [2.24, 2.45) is 5.92 Å². The van der Waals surface area contributed by atoms with Crippen LogP contribution in [0.25, 0.3) is 0 Å². The minimum absolute atomic E-state index is 0.0164. The molecule has 10 heteroatoms. The highest BCUT2D eigenvalue weighted by atomic mass is 35.5. The van der Waals surface area contributed by atoms with Crippen LogP contribution in [0.15, 0.2) is 42.5 Å². The van der Waals surface area contributed by atoms with Gasteiger partial charge in [-0.1, -0.05) is 31.5 Å². The SMILES string of the molecule is CC(C)C(NC(=O)c1ccc(Cl)c([N+](=O)[O-])c1)C(=O)Nc1cccc(C(=O)N2CCCC2)c1. The van der Waals surface area contributed by atoms with Crippen LogP contribution in [0, 0.1) is 16.0 Å². The summed E-state index contributed by atoms with van der Waals surface area (Å²) in [5.41, 5.74) is 0.539. The molecule has 3 rings (SSSR count). The summed E-state index contributed by atoms with van der Waals surface area (Å²) < 4.78 is 0. The number of halogens is 1. The third-order valence-corrected chi connectivity index (χ3v) is 5.73. The molecule has 0 radical (unpaired) electrons. The van der Waals surface area contributed by atoms with Crippen LogP contribution >= 0.6 is 11.6 Å². The minimum atomic E-state index is -0.912. The third kappa shape index (κ3) is 5.87. The molecule has 0 aliphatic carbocycles. The molecule has 0 saturated carbocycles. The van der Waals surface area contributed by atoms with Gasteiger partial charge in [0.15, 0.2) is 0 Å². The molecule has 2 N–H and O–H groups in total. The number of amides is 3. The Morgan fingerprint density at radius 1 is 1.06 bits per heavy atom. The normalized spacial score (nSPS) is 14.1. The van der Waals surface area contributed by atoms with Crippen LogP contribution in [0.5, 0.6) is 0 Å². The molecule has 1 unspecified atom stereocenters. The number of likely N-dealkylation sites (tertiary alicyclic amines) is 1. The van der Waals surface area contributed by atoms with E-state index in [0.717, 1.165) is 32.0 Å². The van der Waals surface area contributed by atoms with Crippen LogP contribution in [-0.2, 0) is 4.79 Å². The molecule has 174 valence electrons. The van der Waals surface area contributed by atoms with Crippen molar-refractivity contribution >= 4 is 40.7 Å². The molecule has 0 spiro atoms. The number of nitrogens with zero attached hydrogens (tertiary/aromatic N) is 2. The van der Waals surface area contributed by atoms with Crippen molar-refractivity contribution in [1.29, 1.82) is 0 Å². The topological polar surface area (TPSA) is 122 Å². The van der Waals surface area contributed by atoms with Gasteiger partial charge in [-0.2, -0.15) is 0 Å². The lowest BCUT2D eigenvalue weighted by molar-refractivity contribution is -0.384. The molecule has 1 atom stereocenters. The molecule has 0 bridgehead atoms. The van der Waals surface area contributed by atoms with Gasteiger partial charge in [-0.15, -0.1) is 0 Å². The van der Waals surface area contributed by atoms with Crippen molar-refractivity contribution in [3.63, 3.8) is 0 Å². The highest BCUT2D eigenvalue weighted by Crippen LogP contribution is 2.25. The van der Waals surface area contributed by atoms with Gasteiger partial charge in [0.2, 0.25) is 5.91 Å². The summed E-state index contributed by atoms with van der Waals surface area (Å²) >= 11 is 5.80. The number of hydrogen-bond acceptors (Lipinski definition) is 5. The number of anilines is 1. The van der Waals surface area contributed by atoms with E-state index in [-0.39, 0.29) is 22.4 Å². The molecule has 1 saturated heterocycles. The molecule has 9 nitrogen and oxygen atoms in total. The van der Waals surface area contributed by atoms with Crippen molar-refractivity contribution in [2.75, 3.05) is 18.4 Å². The summed E-state index contributed by atoms with van der Waals surface area (Å²) in [6, 6.07) is 9.45. The molecule has 1 aliphatic rings. The first-order valence-corrected chi connectivity index (χ1v) is 11.0. The van der Waals surface area contributed by atoms with E-state index in [2.05, 4.69) is 10.6 Å². The number of benzene rings is 2. The van der Waals surface area contributed by atoms with Crippen molar-refractivity contribution in [1.82, 2.24) is 10.2 Å². The lowest BCUT2D eigenvalue weighted by atomic mass is 10.0. The predicted octanol–water partition coefficient (Wildman–Crippen LogP) is 3.88. The number of nitro groups is 1. The fourth-order valence-electron chi connectivity index (χ4n) is 3.61. The maximum absolute atomic E-state index is 12.9. The summed E-state index contributed by atoms with van der Waals surface area (Å²) in [5, 5.41) is 16.4. The van der Waals surface area contributed by atoms with Gasteiger partial charge in [0, 0.05) is 36.0 Å². The molecule has 1 heterocycles. The molecule has 0 aromatic heterocycles. The minimum Gasteiger partial charge on any atom is -0.340 e. The summed E-state index contributed by atoms with van der Waals surface area (Å²) in [6.07, 6.45) is 1.96. The van der Waals surface area contributed by atoms with Crippen LogP contribution in [0.2, 0.25) is 5.02 Å². The Hall–Kier alpha value is -3.46. The zero-order chi connectivity index (χ0) is 24.1. The van der Waals surface area contributed by atoms with E-state index in [4.69, 9.17) is 11.6 Å². The second kappa shape index (κ2) is 10.4. The Morgan fingerprint density at radius 2 is 1.76 bits per heavy atom. The smallest absolute Gasteiger partial charge is 0.288 e. The van der Waals surface area contributed by atoms with Crippen molar-refractivity contribution < 1.29 is 19.3 Å². The van der Waals surface area contributed by atoms with Crippen molar-refractivity contribution in [3.05, 3.63) is 68.7 Å². The fourth-order valence-corrected chi connectivity index (χ4v) is 3.79. The van der Waals surface area contributed by atoms with Crippen LogP contribution in [0.4, 0.5) is 11.4 Å². The number of nitro benzene ring substituents is 1. The van der Waals surface area contributed by atoms with E-state index in [1.165, 1.54) is 12.1 Å². The zero-order valence-corrected chi connectivity index (χ0v) is 19.1. The Labute approximate surface area is 196 Å². The van der Waals surface area contributed by atoms with E-state index < -0.39 is 28.5 Å². The number of rotatable bonds is 7. The van der Waals surface area contributed by atoms with Gasteiger partial charge in [-0.3, -0.25) is 24.5 Å². The first-order valence-electron chi connectivity index (χ1n) is 10.6. The largest absolute Gasteiger partial charge is 0.340 e. The quantitative estimate of drug-likeness (QED) is 0.467. The Kier molecular flexibility index (Phi) is 7.65. The predicted molar refractivity (Wildman–Crippen MR) is 124 cm³/mol. The maximum atomic E-state index is 12.9. The van der Waals surface area contributed by atoms with Gasteiger partial charge in [0.05, 0.1) is 4.92 Å². The summed E-state index contributed by atoms with van der Waals surface area (Å²) in [6.45, 7) is 4.98. The number of carbonyl (C=O) groups excluding carboxylic acids is 3. The van der Waals surface area contributed by atoms with Gasteiger partial charge >= 0.3 is 0 Å². The zero-order valence-electron chi connectivity index (χ0n) is 18.3. The average molecular weight is 473 g/mol. The van der Waals surface area contributed by atoms with Gasteiger partial charge in [0.1, 0.15) is 11.1 Å². The van der Waals surface area contributed by atoms with Gasteiger partial charge in [-0.25, -0.2) is 0 Å². The number of carbonyl (C=O) groups is 3. The van der Waals surface area contributed by atoms with Crippen LogP contribution in [-0.4, -0.2) is 46.7 Å². The van der Waals surface area contributed by atoms with E-state index >= 15 is 0 Å². The van der Waals surface area contributed by atoms with Gasteiger partial charge in [-0.05, 0) is 49.1 Å². The molecule has 1 aliphatic heterocycles. The van der Waals surface area contributed by atoms with Crippen LogP contribution < -0.4 is 10.6 Å². The summed E-state index contributed by atoms with van der Waals surface area (Å²) in [7, 11) is 0. The van der Waals surface area contributed by atoms with E-state index in [0.29, 0.717) is 11.3 Å². The third-order valence-electron chi connectivity index (χ3n) is 5.41.